The van der Waals surface area contributed by atoms with Crippen LogP contribution in [0.2, 0.25) is 0 Å². The Bertz CT molecular complexity index is 1220. The van der Waals surface area contributed by atoms with Crippen molar-refractivity contribution in [2.75, 3.05) is 18.7 Å². The van der Waals surface area contributed by atoms with Gasteiger partial charge >= 0.3 is 0 Å². The van der Waals surface area contributed by atoms with Crippen LogP contribution in [0.1, 0.15) is 44.9 Å². The number of ether oxygens (including phenoxy) is 2. The van der Waals surface area contributed by atoms with Gasteiger partial charge in [0.25, 0.3) is 0 Å². The number of hydrogen-bond donors (Lipinski definition) is 2. The van der Waals surface area contributed by atoms with E-state index in [2.05, 4.69) is 26.1 Å². The van der Waals surface area contributed by atoms with E-state index in [9.17, 15) is 9.90 Å². The van der Waals surface area contributed by atoms with Crippen molar-refractivity contribution < 1.29 is 23.8 Å². The van der Waals surface area contributed by atoms with Crippen LogP contribution < -0.4 is 14.8 Å². The molecule has 2 aromatic carbocycles. The number of carbonyl (C=O) groups excluding carboxylic acids is 1. The highest BCUT2D eigenvalue weighted by Crippen LogP contribution is 2.51. The summed E-state index contributed by atoms with van der Waals surface area (Å²) in [6, 6.07) is 10.7. The molecule has 1 aliphatic heterocycles. The molecule has 0 radical (unpaired) electrons. The molecule has 168 valence electrons. The molecule has 0 saturated heterocycles. The molecule has 0 spiro atoms. The predicted octanol–water partition coefficient (Wildman–Crippen LogP) is 4.47. The van der Waals surface area contributed by atoms with Crippen molar-refractivity contribution in [3.63, 3.8) is 0 Å². The first-order valence-electron chi connectivity index (χ1n) is 10.9. The summed E-state index contributed by atoms with van der Waals surface area (Å²) in [7, 11) is 0. The van der Waals surface area contributed by atoms with Crippen LogP contribution in [0.25, 0.3) is 10.9 Å². The van der Waals surface area contributed by atoms with Crippen molar-refractivity contribution in [2.24, 2.45) is 0 Å². The van der Waals surface area contributed by atoms with E-state index in [4.69, 9.17) is 9.47 Å². The van der Waals surface area contributed by atoms with E-state index >= 15 is 4.39 Å². The van der Waals surface area contributed by atoms with E-state index < -0.39 is 11.2 Å². The summed E-state index contributed by atoms with van der Waals surface area (Å²) < 4.78 is 27.8. The lowest BCUT2D eigenvalue weighted by Crippen LogP contribution is -2.28. The Labute approximate surface area is 185 Å². The van der Waals surface area contributed by atoms with Crippen LogP contribution in [0.4, 0.5) is 10.1 Å². The maximum absolute atomic E-state index is 15.1. The van der Waals surface area contributed by atoms with Crippen molar-refractivity contribution >= 4 is 22.5 Å². The van der Waals surface area contributed by atoms with Crippen LogP contribution in [-0.4, -0.2) is 29.0 Å². The van der Waals surface area contributed by atoms with E-state index in [1.165, 1.54) is 6.07 Å². The molecule has 3 aromatic rings. The van der Waals surface area contributed by atoms with Crippen molar-refractivity contribution in [1.82, 2.24) is 4.57 Å². The quantitative estimate of drug-likeness (QED) is 0.617. The standard InChI is InChI=1S/C25H27FN2O4/c1-24(2,3)22-11-15-10-18(17(26)13-19(15)28(22)8-9-29)27-23(30)25(6-7-25)16-4-5-20-21(12-16)32-14-31-20/h4-5,10-13,29H,6-9,14H2,1-3H3,(H,27,30). The van der Waals surface area contributed by atoms with Gasteiger partial charge in [-0.25, -0.2) is 4.39 Å². The maximum atomic E-state index is 15.1. The Kier molecular flexibility index (Phi) is 4.71. The van der Waals surface area contributed by atoms with Gasteiger partial charge in [-0.2, -0.15) is 0 Å². The molecule has 2 N–H and O–H groups in total. The van der Waals surface area contributed by atoms with E-state index in [-0.39, 0.29) is 30.4 Å². The Hall–Kier alpha value is -3.06. The van der Waals surface area contributed by atoms with Crippen LogP contribution in [-0.2, 0) is 22.2 Å². The summed E-state index contributed by atoms with van der Waals surface area (Å²) in [4.78, 5) is 13.2. The number of carbonyl (C=O) groups is 1. The van der Waals surface area contributed by atoms with Crippen molar-refractivity contribution in [3.8, 4) is 11.5 Å². The van der Waals surface area contributed by atoms with E-state index in [1.807, 2.05) is 28.8 Å². The fraction of sp³-hybridized carbons (Fsp3) is 0.400. The number of nitrogens with one attached hydrogen (secondary N) is 1. The summed E-state index contributed by atoms with van der Waals surface area (Å²) in [5.41, 5.74) is 1.87. The molecule has 1 aliphatic carbocycles. The molecular weight excluding hydrogens is 411 g/mol. The van der Waals surface area contributed by atoms with Gasteiger partial charge in [-0.3, -0.25) is 4.79 Å². The largest absolute Gasteiger partial charge is 0.454 e. The Morgan fingerprint density at radius 2 is 1.91 bits per heavy atom. The Balaban J connectivity index is 1.47. The second kappa shape index (κ2) is 7.24. The highest BCUT2D eigenvalue weighted by Gasteiger charge is 2.51. The zero-order chi connectivity index (χ0) is 22.7. The van der Waals surface area contributed by atoms with Gasteiger partial charge in [0.15, 0.2) is 11.5 Å². The number of aliphatic hydroxyl groups excluding tert-OH is 1. The molecule has 32 heavy (non-hydrogen) atoms. The molecule has 7 heteroatoms. The third-order valence-electron chi connectivity index (χ3n) is 6.44. The number of aromatic nitrogens is 1. The van der Waals surface area contributed by atoms with Crippen LogP contribution in [0.15, 0.2) is 36.4 Å². The molecule has 0 unspecified atom stereocenters. The summed E-state index contributed by atoms with van der Waals surface area (Å²) in [5.74, 6) is 0.586. The second-order valence-electron chi connectivity index (χ2n) is 9.65. The Morgan fingerprint density at radius 3 is 2.59 bits per heavy atom. The maximum Gasteiger partial charge on any atom is 0.235 e. The number of amides is 1. The number of fused-ring (bicyclic) bond motifs is 2. The number of benzene rings is 2. The fourth-order valence-corrected chi connectivity index (χ4v) is 4.55. The molecule has 1 saturated carbocycles. The third kappa shape index (κ3) is 3.32. The van der Waals surface area contributed by atoms with Crippen LogP contribution in [0.3, 0.4) is 0 Å². The van der Waals surface area contributed by atoms with Gasteiger partial charge in [0.1, 0.15) is 5.82 Å². The smallest absolute Gasteiger partial charge is 0.235 e. The zero-order valence-electron chi connectivity index (χ0n) is 18.5. The van der Waals surface area contributed by atoms with Crippen molar-refractivity contribution in [2.45, 2.75) is 51.0 Å². The summed E-state index contributed by atoms with van der Waals surface area (Å²) in [5, 5.41) is 13.2. The first-order chi connectivity index (χ1) is 15.2. The van der Waals surface area contributed by atoms with E-state index in [0.29, 0.717) is 36.4 Å². The number of aliphatic hydroxyl groups is 1. The van der Waals surface area contributed by atoms with Crippen LogP contribution >= 0.6 is 0 Å². The third-order valence-corrected chi connectivity index (χ3v) is 6.44. The van der Waals surface area contributed by atoms with Crippen molar-refractivity contribution in [1.29, 1.82) is 0 Å². The summed E-state index contributed by atoms with van der Waals surface area (Å²) >= 11 is 0. The fourth-order valence-electron chi connectivity index (χ4n) is 4.55. The lowest BCUT2D eigenvalue weighted by molar-refractivity contribution is -0.118. The second-order valence-corrected chi connectivity index (χ2v) is 9.65. The number of nitrogens with zero attached hydrogens (tertiary/aromatic N) is 1. The highest BCUT2D eigenvalue weighted by molar-refractivity contribution is 6.02. The zero-order valence-corrected chi connectivity index (χ0v) is 18.5. The first-order valence-corrected chi connectivity index (χ1v) is 10.9. The minimum atomic E-state index is -0.679. The van der Waals surface area contributed by atoms with Gasteiger partial charge < -0.3 is 24.5 Å². The lowest BCUT2D eigenvalue weighted by atomic mass is 9.92. The van der Waals surface area contributed by atoms with Crippen LogP contribution in [0, 0.1) is 5.82 Å². The molecule has 0 atom stereocenters. The monoisotopic (exact) mass is 438 g/mol. The molecule has 1 aromatic heterocycles. The molecule has 5 rings (SSSR count). The molecule has 1 amide bonds. The normalized spacial score (nSPS) is 16.4. The van der Waals surface area contributed by atoms with Crippen LogP contribution in [0.5, 0.6) is 11.5 Å². The minimum absolute atomic E-state index is 0.0367. The number of rotatable bonds is 5. The molecule has 1 fully saturated rings. The minimum Gasteiger partial charge on any atom is -0.454 e. The first kappa shape index (κ1) is 20.8. The lowest BCUT2D eigenvalue weighted by Gasteiger charge is -2.21. The topological polar surface area (TPSA) is 72.7 Å². The summed E-state index contributed by atoms with van der Waals surface area (Å²) in [6.07, 6.45) is 1.40. The average Bonchev–Trinajstić information content (AvgIpc) is 3.29. The SMILES string of the molecule is CC(C)(C)c1cc2cc(NC(=O)C3(c4ccc5c(c4)OCO5)CC3)c(F)cc2n1CCO. The molecule has 2 heterocycles. The van der Waals surface area contributed by atoms with Crippen molar-refractivity contribution in [3.05, 3.63) is 53.5 Å². The predicted molar refractivity (Wildman–Crippen MR) is 120 cm³/mol. The van der Waals surface area contributed by atoms with Gasteiger partial charge in [0.05, 0.1) is 23.2 Å². The molecule has 6 nitrogen and oxygen atoms in total. The van der Waals surface area contributed by atoms with Gasteiger partial charge in [-0.05, 0) is 42.7 Å². The van der Waals surface area contributed by atoms with Gasteiger partial charge in [0, 0.05) is 29.1 Å². The van der Waals surface area contributed by atoms with Gasteiger partial charge in [-0.15, -0.1) is 0 Å². The highest BCUT2D eigenvalue weighted by atomic mass is 19.1. The van der Waals surface area contributed by atoms with Gasteiger partial charge in [-0.1, -0.05) is 26.8 Å². The number of hydrogen-bond acceptors (Lipinski definition) is 4. The number of anilines is 1. The van der Waals surface area contributed by atoms with E-state index in [0.717, 1.165) is 16.6 Å². The molecular formula is C25H27FN2O4. The van der Waals surface area contributed by atoms with E-state index in [1.54, 1.807) is 6.07 Å². The molecule has 0 bridgehead atoms. The molecule has 2 aliphatic rings. The van der Waals surface area contributed by atoms with Gasteiger partial charge in [0.2, 0.25) is 12.7 Å². The Morgan fingerprint density at radius 1 is 1.16 bits per heavy atom. The average molecular weight is 438 g/mol. The number of halogens is 1. The summed E-state index contributed by atoms with van der Waals surface area (Å²) in [6.45, 7) is 6.76.